The number of aryl methyl sites for hydroxylation is 2. The van der Waals surface area contributed by atoms with Gasteiger partial charge in [0.2, 0.25) is 0 Å². The number of aromatic nitrogens is 2. The second-order valence-corrected chi connectivity index (χ2v) is 5.80. The van der Waals surface area contributed by atoms with Gasteiger partial charge in [-0.15, -0.1) is 0 Å². The molecule has 0 saturated carbocycles. The summed E-state index contributed by atoms with van der Waals surface area (Å²) in [6, 6.07) is 8.27. The van der Waals surface area contributed by atoms with Crippen molar-refractivity contribution in [2.75, 3.05) is 12.8 Å². The van der Waals surface area contributed by atoms with Crippen molar-refractivity contribution in [3.05, 3.63) is 46.2 Å². The minimum atomic E-state index is 0.255. The molecular weight excluding hydrogens is 284 g/mol. The van der Waals surface area contributed by atoms with E-state index in [0.717, 1.165) is 35.2 Å². The molecule has 0 spiro atoms. The highest BCUT2D eigenvalue weighted by Crippen LogP contribution is 2.26. The van der Waals surface area contributed by atoms with Gasteiger partial charge in [-0.3, -0.25) is 9.58 Å². The van der Waals surface area contributed by atoms with Gasteiger partial charge < -0.3 is 5.73 Å². The number of benzene rings is 1. The predicted octanol–water partition coefficient (Wildman–Crippen LogP) is 3.64. The van der Waals surface area contributed by atoms with Crippen molar-refractivity contribution >= 4 is 17.3 Å². The Morgan fingerprint density at radius 3 is 2.76 bits per heavy atom. The zero-order chi connectivity index (χ0) is 15.6. The standard InChI is InChI=1S/C16H23ClN4/c1-5-21-15(16(17)11(2)19-21)10-20(4)12(3)13-7-6-8-14(18)9-13/h6-9,12H,5,10,18H2,1-4H3. The van der Waals surface area contributed by atoms with E-state index in [1.807, 2.05) is 29.8 Å². The van der Waals surface area contributed by atoms with Crippen LogP contribution in [0.2, 0.25) is 5.02 Å². The van der Waals surface area contributed by atoms with Gasteiger partial charge in [-0.1, -0.05) is 23.7 Å². The van der Waals surface area contributed by atoms with Crippen molar-refractivity contribution in [2.45, 2.75) is 39.9 Å². The van der Waals surface area contributed by atoms with E-state index in [4.69, 9.17) is 17.3 Å². The first-order chi connectivity index (χ1) is 9.93. The first kappa shape index (κ1) is 15.9. The van der Waals surface area contributed by atoms with Crippen molar-refractivity contribution < 1.29 is 0 Å². The van der Waals surface area contributed by atoms with Crippen molar-refractivity contribution in [3.63, 3.8) is 0 Å². The molecule has 0 fully saturated rings. The fourth-order valence-electron chi connectivity index (χ4n) is 2.47. The van der Waals surface area contributed by atoms with Gasteiger partial charge in [0.1, 0.15) is 0 Å². The highest BCUT2D eigenvalue weighted by atomic mass is 35.5. The molecule has 0 aliphatic heterocycles. The lowest BCUT2D eigenvalue weighted by Gasteiger charge is -2.25. The zero-order valence-electron chi connectivity index (χ0n) is 13.1. The molecule has 114 valence electrons. The van der Waals surface area contributed by atoms with E-state index in [0.29, 0.717) is 0 Å². The molecule has 0 saturated heterocycles. The first-order valence-corrected chi connectivity index (χ1v) is 7.59. The van der Waals surface area contributed by atoms with Crippen LogP contribution in [0.3, 0.4) is 0 Å². The number of halogens is 1. The predicted molar refractivity (Wildman–Crippen MR) is 88.4 cm³/mol. The van der Waals surface area contributed by atoms with Crippen molar-refractivity contribution in [2.24, 2.45) is 0 Å². The third-order valence-corrected chi connectivity index (χ3v) is 4.40. The van der Waals surface area contributed by atoms with E-state index in [1.54, 1.807) is 0 Å². The fraction of sp³-hybridized carbons (Fsp3) is 0.438. The van der Waals surface area contributed by atoms with Crippen LogP contribution in [0.25, 0.3) is 0 Å². The van der Waals surface area contributed by atoms with Crippen LogP contribution in [0.15, 0.2) is 24.3 Å². The van der Waals surface area contributed by atoms with Crippen LogP contribution in [-0.4, -0.2) is 21.7 Å². The summed E-state index contributed by atoms with van der Waals surface area (Å²) in [7, 11) is 2.09. The largest absolute Gasteiger partial charge is 0.399 e. The molecule has 2 rings (SSSR count). The average Bonchev–Trinajstić information content (AvgIpc) is 2.74. The van der Waals surface area contributed by atoms with Crippen LogP contribution >= 0.6 is 11.6 Å². The van der Waals surface area contributed by atoms with Gasteiger partial charge in [0.05, 0.1) is 16.4 Å². The maximum Gasteiger partial charge on any atom is 0.0860 e. The molecule has 1 atom stereocenters. The highest BCUT2D eigenvalue weighted by Gasteiger charge is 2.18. The molecule has 5 heteroatoms. The maximum absolute atomic E-state index is 6.38. The summed E-state index contributed by atoms with van der Waals surface area (Å²) < 4.78 is 1.97. The molecule has 1 heterocycles. The van der Waals surface area contributed by atoms with Crippen LogP contribution in [-0.2, 0) is 13.1 Å². The Morgan fingerprint density at radius 1 is 1.43 bits per heavy atom. The number of nitrogen functional groups attached to an aromatic ring is 1. The summed E-state index contributed by atoms with van der Waals surface area (Å²) in [5.74, 6) is 0. The second-order valence-electron chi connectivity index (χ2n) is 5.42. The van der Waals surface area contributed by atoms with E-state index in [2.05, 4.69) is 37.0 Å². The molecule has 0 aliphatic carbocycles. The molecule has 21 heavy (non-hydrogen) atoms. The summed E-state index contributed by atoms with van der Waals surface area (Å²) in [5, 5.41) is 5.23. The van der Waals surface area contributed by atoms with Crippen molar-refractivity contribution in [3.8, 4) is 0 Å². The minimum Gasteiger partial charge on any atom is -0.399 e. The van der Waals surface area contributed by atoms with Crippen LogP contribution < -0.4 is 5.73 Å². The van der Waals surface area contributed by atoms with E-state index >= 15 is 0 Å². The third kappa shape index (κ3) is 3.39. The highest BCUT2D eigenvalue weighted by molar-refractivity contribution is 6.31. The second kappa shape index (κ2) is 6.50. The van der Waals surface area contributed by atoms with Crippen LogP contribution in [0.1, 0.15) is 36.8 Å². The number of anilines is 1. The van der Waals surface area contributed by atoms with Crippen LogP contribution in [0.4, 0.5) is 5.69 Å². The Bertz CT molecular complexity index is 621. The zero-order valence-corrected chi connectivity index (χ0v) is 13.9. The lowest BCUT2D eigenvalue weighted by atomic mass is 10.1. The Kier molecular flexibility index (Phi) is 4.91. The molecule has 0 aliphatic rings. The minimum absolute atomic E-state index is 0.255. The summed E-state index contributed by atoms with van der Waals surface area (Å²) in [4.78, 5) is 2.25. The SMILES string of the molecule is CCn1nc(C)c(Cl)c1CN(C)C(C)c1cccc(N)c1. The average molecular weight is 307 g/mol. The normalized spacial score (nSPS) is 12.9. The van der Waals surface area contributed by atoms with Gasteiger partial charge in [-0.05, 0) is 45.5 Å². The number of rotatable bonds is 5. The molecule has 1 aromatic carbocycles. The molecule has 1 unspecified atom stereocenters. The van der Waals surface area contributed by atoms with E-state index < -0.39 is 0 Å². The van der Waals surface area contributed by atoms with Crippen LogP contribution in [0, 0.1) is 6.92 Å². The van der Waals surface area contributed by atoms with Gasteiger partial charge in [0, 0.05) is 24.8 Å². The Balaban J connectivity index is 2.20. The Hall–Kier alpha value is -1.52. The molecule has 2 aromatic rings. The summed E-state index contributed by atoms with van der Waals surface area (Å²) >= 11 is 6.38. The molecule has 0 amide bonds. The first-order valence-electron chi connectivity index (χ1n) is 7.21. The topological polar surface area (TPSA) is 47.1 Å². The lowest BCUT2D eigenvalue weighted by Crippen LogP contribution is -2.24. The molecular formula is C16H23ClN4. The summed E-state index contributed by atoms with van der Waals surface area (Å²) in [6.45, 7) is 7.77. The summed E-state index contributed by atoms with van der Waals surface area (Å²) in [5.41, 5.74) is 9.81. The lowest BCUT2D eigenvalue weighted by molar-refractivity contribution is 0.245. The van der Waals surface area contributed by atoms with E-state index in [9.17, 15) is 0 Å². The molecule has 2 N–H and O–H groups in total. The molecule has 0 bridgehead atoms. The van der Waals surface area contributed by atoms with Gasteiger partial charge in [-0.2, -0.15) is 5.10 Å². The van der Waals surface area contributed by atoms with Gasteiger partial charge in [0.25, 0.3) is 0 Å². The van der Waals surface area contributed by atoms with Crippen molar-refractivity contribution in [1.29, 1.82) is 0 Å². The van der Waals surface area contributed by atoms with Gasteiger partial charge in [0.15, 0.2) is 0 Å². The number of hydrogen-bond donors (Lipinski definition) is 1. The van der Waals surface area contributed by atoms with Crippen molar-refractivity contribution in [1.82, 2.24) is 14.7 Å². The Morgan fingerprint density at radius 2 is 2.14 bits per heavy atom. The van der Waals surface area contributed by atoms with E-state index in [-0.39, 0.29) is 6.04 Å². The quantitative estimate of drug-likeness (QED) is 0.858. The molecule has 4 nitrogen and oxygen atoms in total. The number of nitrogens with zero attached hydrogens (tertiary/aromatic N) is 3. The Labute approximate surface area is 131 Å². The molecule has 0 radical (unpaired) electrons. The number of nitrogens with two attached hydrogens (primary N) is 1. The summed E-state index contributed by atoms with van der Waals surface area (Å²) in [6.07, 6.45) is 0. The number of hydrogen-bond acceptors (Lipinski definition) is 3. The molecule has 1 aromatic heterocycles. The van der Waals surface area contributed by atoms with Gasteiger partial charge in [-0.25, -0.2) is 0 Å². The smallest absolute Gasteiger partial charge is 0.0860 e. The maximum atomic E-state index is 6.38. The van der Waals surface area contributed by atoms with Crippen LogP contribution in [0.5, 0.6) is 0 Å². The fourth-order valence-corrected chi connectivity index (χ4v) is 2.66. The monoisotopic (exact) mass is 306 g/mol. The van der Waals surface area contributed by atoms with E-state index in [1.165, 1.54) is 5.56 Å². The third-order valence-electron chi connectivity index (χ3n) is 3.91. The van der Waals surface area contributed by atoms with Gasteiger partial charge >= 0.3 is 0 Å².